The van der Waals surface area contributed by atoms with Crippen LogP contribution in [0.4, 0.5) is 0 Å². The molecule has 7 nitrogen and oxygen atoms in total. The summed E-state index contributed by atoms with van der Waals surface area (Å²) in [4.78, 5) is 6.38. The third kappa shape index (κ3) is 6.91. The molecule has 148 valence electrons. The van der Waals surface area contributed by atoms with Crippen molar-refractivity contribution in [2.75, 3.05) is 27.2 Å². The van der Waals surface area contributed by atoms with Gasteiger partial charge >= 0.3 is 0 Å². The molecule has 1 heterocycles. The van der Waals surface area contributed by atoms with Crippen LogP contribution >= 0.6 is 0 Å². The lowest BCUT2D eigenvalue weighted by Gasteiger charge is -2.17. The number of nitrogens with one attached hydrogen (secondary N) is 1. The number of rotatable bonds is 10. The Morgan fingerprint density at radius 3 is 2.56 bits per heavy atom. The molecule has 8 heteroatoms. The van der Waals surface area contributed by atoms with Crippen molar-refractivity contribution in [1.82, 2.24) is 15.2 Å². The van der Waals surface area contributed by atoms with Crippen molar-refractivity contribution >= 4 is 10.0 Å². The Labute approximate surface area is 161 Å². The second-order valence-corrected chi connectivity index (χ2v) is 8.27. The number of primary sulfonamides is 1. The molecule has 0 spiro atoms. The predicted molar refractivity (Wildman–Crippen MR) is 106 cm³/mol. The van der Waals surface area contributed by atoms with E-state index in [4.69, 9.17) is 9.88 Å². The van der Waals surface area contributed by atoms with Crippen LogP contribution in [0.5, 0.6) is 5.75 Å². The molecule has 0 aliphatic carbocycles. The number of nitrogens with two attached hydrogens (primary N) is 1. The van der Waals surface area contributed by atoms with Gasteiger partial charge in [0.05, 0.1) is 17.7 Å². The Morgan fingerprint density at radius 2 is 1.93 bits per heavy atom. The van der Waals surface area contributed by atoms with Gasteiger partial charge in [-0.05, 0) is 51.2 Å². The van der Waals surface area contributed by atoms with E-state index in [-0.39, 0.29) is 10.9 Å². The van der Waals surface area contributed by atoms with Gasteiger partial charge in [-0.1, -0.05) is 12.1 Å². The van der Waals surface area contributed by atoms with Crippen molar-refractivity contribution in [3.8, 4) is 5.75 Å². The summed E-state index contributed by atoms with van der Waals surface area (Å²) in [7, 11) is 0.406. The number of benzene rings is 1. The summed E-state index contributed by atoms with van der Waals surface area (Å²) in [6.45, 7) is 4.25. The fourth-order valence-corrected chi connectivity index (χ4v) is 3.09. The number of hydrogen-bond donors (Lipinski definition) is 2. The standard InChI is InChI=1S/C19H28N4O3S/c1-15(16-5-7-18(8-6-16)27(20,24)25)22-13-17-9-10-21-14-19(17)26-12-4-11-23(2)3/h5-10,14-15,22H,4,11-13H2,1-3H3,(H2,20,24,25). The lowest BCUT2D eigenvalue weighted by atomic mass is 10.1. The third-order valence-corrected chi connectivity index (χ3v) is 5.11. The summed E-state index contributed by atoms with van der Waals surface area (Å²) < 4.78 is 28.6. The second kappa shape index (κ2) is 9.80. The van der Waals surface area contributed by atoms with Crippen LogP contribution in [-0.2, 0) is 16.6 Å². The van der Waals surface area contributed by atoms with Gasteiger partial charge in [0.1, 0.15) is 5.75 Å². The maximum atomic E-state index is 11.3. The van der Waals surface area contributed by atoms with Gasteiger partial charge in [0.15, 0.2) is 0 Å². The van der Waals surface area contributed by atoms with E-state index in [9.17, 15) is 8.42 Å². The summed E-state index contributed by atoms with van der Waals surface area (Å²) in [5.41, 5.74) is 2.01. The third-order valence-electron chi connectivity index (χ3n) is 4.18. The zero-order valence-corrected chi connectivity index (χ0v) is 16.9. The van der Waals surface area contributed by atoms with Crippen LogP contribution in [0, 0.1) is 0 Å². The number of nitrogens with zero attached hydrogens (tertiary/aromatic N) is 2. The van der Waals surface area contributed by atoms with Crippen molar-refractivity contribution < 1.29 is 13.2 Å². The molecule has 2 aromatic rings. The minimum Gasteiger partial charge on any atom is -0.492 e. The Morgan fingerprint density at radius 1 is 1.22 bits per heavy atom. The van der Waals surface area contributed by atoms with Crippen LogP contribution in [0.3, 0.4) is 0 Å². The maximum absolute atomic E-state index is 11.3. The van der Waals surface area contributed by atoms with Crippen molar-refractivity contribution in [3.05, 3.63) is 53.9 Å². The molecular weight excluding hydrogens is 364 g/mol. The fraction of sp³-hybridized carbons (Fsp3) is 0.421. The van der Waals surface area contributed by atoms with E-state index in [2.05, 4.69) is 15.2 Å². The molecule has 2 rings (SSSR count). The molecule has 0 saturated heterocycles. The van der Waals surface area contributed by atoms with E-state index < -0.39 is 10.0 Å². The molecule has 1 aromatic heterocycles. The molecule has 0 bridgehead atoms. The van der Waals surface area contributed by atoms with Gasteiger partial charge in [-0.2, -0.15) is 0 Å². The van der Waals surface area contributed by atoms with Crippen LogP contribution in [0.15, 0.2) is 47.6 Å². The first-order valence-electron chi connectivity index (χ1n) is 8.84. The first-order valence-corrected chi connectivity index (χ1v) is 10.4. The van der Waals surface area contributed by atoms with Crippen molar-refractivity contribution in [3.63, 3.8) is 0 Å². The highest BCUT2D eigenvalue weighted by Crippen LogP contribution is 2.20. The Balaban J connectivity index is 1.93. The van der Waals surface area contributed by atoms with E-state index in [1.54, 1.807) is 24.5 Å². The molecule has 0 aliphatic rings. The lowest BCUT2D eigenvalue weighted by molar-refractivity contribution is 0.278. The van der Waals surface area contributed by atoms with Gasteiger partial charge < -0.3 is 15.0 Å². The minimum atomic E-state index is -3.67. The smallest absolute Gasteiger partial charge is 0.238 e. The van der Waals surface area contributed by atoms with Crippen LogP contribution in [0.2, 0.25) is 0 Å². The number of ether oxygens (including phenoxy) is 1. The van der Waals surface area contributed by atoms with Crippen molar-refractivity contribution in [2.45, 2.75) is 30.8 Å². The Hall–Kier alpha value is -2.00. The summed E-state index contributed by atoms with van der Waals surface area (Å²) in [6, 6.07) is 8.55. The normalized spacial score (nSPS) is 12.9. The fourth-order valence-electron chi connectivity index (χ4n) is 2.57. The van der Waals surface area contributed by atoms with E-state index in [0.29, 0.717) is 13.2 Å². The zero-order valence-electron chi connectivity index (χ0n) is 16.1. The molecule has 0 amide bonds. The Bertz CT molecular complexity index is 823. The highest BCUT2D eigenvalue weighted by atomic mass is 32.2. The first kappa shape index (κ1) is 21.3. The molecule has 1 aromatic carbocycles. The van der Waals surface area contributed by atoms with E-state index in [1.807, 2.05) is 27.1 Å². The SMILES string of the molecule is CC(NCc1ccncc1OCCCN(C)C)c1ccc(S(N)(=O)=O)cc1. The minimum absolute atomic E-state index is 0.0364. The summed E-state index contributed by atoms with van der Waals surface area (Å²) in [6.07, 6.45) is 4.43. The lowest BCUT2D eigenvalue weighted by Crippen LogP contribution is -2.19. The number of pyridine rings is 1. The summed E-state index contributed by atoms with van der Waals surface area (Å²) in [5, 5.41) is 8.56. The topological polar surface area (TPSA) is 97.6 Å². The average Bonchev–Trinajstić information content (AvgIpc) is 2.63. The van der Waals surface area contributed by atoms with E-state index in [1.165, 1.54) is 12.1 Å². The van der Waals surface area contributed by atoms with Crippen molar-refractivity contribution in [1.29, 1.82) is 0 Å². The molecular formula is C19H28N4O3S. The molecule has 1 unspecified atom stereocenters. The van der Waals surface area contributed by atoms with Crippen LogP contribution < -0.4 is 15.2 Å². The van der Waals surface area contributed by atoms with Gasteiger partial charge in [-0.3, -0.25) is 4.98 Å². The van der Waals surface area contributed by atoms with Gasteiger partial charge in [0.25, 0.3) is 0 Å². The quantitative estimate of drug-likeness (QED) is 0.600. The van der Waals surface area contributed by atoms with Crippen LogP contribution in [0.25, 0.3) is 0 Å². The van der Waals surface area contributed by atoms with Crippen molar-refractivity contribution in [2.24, 2.45) is 5.14 Å². The molecule has 1 atom stereocenters. The van der Waals surface area contributed by atoms with Gasteiger partial charge in [-0.15, -0.1) is 0 Å². The monoisotopic (exact) mass is 392 g/mol. The van der Waals surface area contributed by atoms with Crippen LogP contribution in [-0.4, -0.2) is 45.5 Å². The highest BCUT2D eigenvalue weighted by Gasteiger charge is 2.11. The van der Waals surface area contributed by atoms with E-state index >= 15 is 0 Å². The zero-order chi connectivity index (χ0) is 19.9. The van der Waals surface area contributed by atoms with Gasteiger partial charge in [0.2, 0.25) is 10.0 Å². The number of aromatic nitrogens is 1. The Kier molecular flexibility index (Phi) is 7.73. The number of sulfonamides is 1. The summed E-state index contributed by atoms with van der Waals surface area (Å²) in [5.74, 6) is 0.778. The summed E-state index contributed by atoms with van der Waals surface area (Å²) >= 11 is 0. The molecule has 0 fully saturated rings. The second-order valence-electron chi connectivity index (χ2n) is 6.71. The predicted octanol–water partition coefficient (Wildman–Crippen LogP) is 1.91. The molecule has 0 aliphatic heterocycles. The molecule has 27 heavy (non-hydrogen) atoms. The number of hydrogen-bond acceptors (Lipinski definition) is 6. The van der Waals surface area contributed by atoms with Gasteiger partial charge in [0, 0.05) is 30.9 Å². The average molecular weight is 393 g/mol. The molecule has 0 saturated carbocycles. The van der Waals surface area contributed by atoms with Gasteiger partial charge in [-0.25, -0.2) is 13.6 Å². The maximum Gasteiger partial charge on any atom is 0.238 e. The first-order chi connectivity index (χ1) is 12.8. The molecule has 0 radical (unpaired) electrons. The van der Waals surface area contributed by atoms with Crippen LogP contribution in [0.1, 0.15) is 30.5 Å². The van der Waals surface area contributed by atoms with E-state index in [0.717, 1.165) is 29.8 Å². The largest absolute Gasteiger partial charge is 0.492 e. The highest BCUT2D eigenvalue weighted by molar-refractivity contribution is 7.89. The molecule has 3 N–H and O–H groups in total.